The van der Waals surface area contributed by atoms with Crippen molar-refractivity contribution in [1.29, 1.82) is 0 Å². The highest BCUT2D eigenvalue weighted by Gasteiger charge is 2.22. The van der Waals surface area contributed by atoms with Gasteiger partial charge < -0.3 is 10.6 Å². The van der Waals surface area contributed by atoms with Crippen LogP contribution >= 0.6 is 0 Å². The monoisotopic (exact) mass is 280 g/mol. The first kappa shape index (κ1) is 16.1. The fourth-order valence-electron chi connectivity index (χ4n) is 1.63. The van der Waals surface area contributed by atoms with E-state index in [4.69, 9.17) is 0 Å². The van der Waals surface area contributed by atoms with E-state index in [0.29, 0.717) is 0 Å². The lowest BCUT2D eigenvalue weighted by molar-refractivity contribution is -0.124. The van der Waals surface area contributed by atoms with Crippen molar-refractivity contribution in [3.8, 4) is 0 Å². The van der Waals surface area contributed by atoms with Crippen LogP contribution in [0.4, 0.5) is 4.39 Å². The van der Waals surface area contributed by atoms with Gasteiger partial charge in [0.05, 0.1) is 5.56 Å². The van der Waals surface area contributed by atoms with Crippen LogP contribution < -0.4 is 10.6 Å². The Kier molecular flexibility index (Phi) is 4.87. The first-order valence-corrected chi connectivity index (χ1v) is 6.49. The number of benzene rings is 1. The molecule has 0 heterocycles. The normalized spacial score (nSPS) is 12.7. The van der Waals surface area contributed by atoms with Crippen LogP contribution in [0.3, 0.4) is 0 Å². The molecule has 1 rings (SSSR count). The zero-order chi connectivity index (χ0) is 15.5. The fraction of sp³-hybridized carbons (Fsp3) is 0.467. The summed E-state index contributed by atoms with van der Waals surface area (Å²) in [6.07, 6.45) is 0. The quantitative estimate of drug-likeness (QED) is 0.891. The molecule has 0 saturated heterocycles. The summed E-state index contributed by atoms with van der Waals surface area (Å²) in [5, 5.41) is 5.25. The number of carbonyl (C=O) groups excluding carboxylic acids is 2. The Hall–Kier alpha value is -1.91. The summed E-state index contributed by atoms with van der Waals surface area (Å²) in [5.41, 5.74) is 0.341. The molecule has 0 bridgehead atoms. The average Bonchev–Trinajstić information content (AvgIpc) is 2.29. The van der Waals surface area contributed by atoms with E-state index in [0.717, 1.165) is 5.56 Å². The second-order valence-corrected chi connectivity index (χ2v) is 5.92. The molecule has 5 heteroatoms. The standard InChI is InChI=1S/C15H21FN2O2/c1-9-6-7-12(16)11(8-9)14(20)17-10(2)13(19)18-15(3,4)5/h6-8,10H,1-5H3,(H,17,20)(H,18,19). The van der Waals surface area contributed by atoms with Crippen LogP contribution in [-0.4, -0.2) is 23.4 Å². The summed E-state index contributed by atoms with van der Waals surface area (Å²) in [5.74, 6) is -1.50. The van der Waals surface area contributed by atoms with Gasteiger partial charge in [-0.2, -0.15) is 0 Å². The van der Waals surface area contributed by atoms with Crippen molar-refractivity contribution in [2.24, 2.45) is 0 Å². The van der Waals surface area contributed by atoms with E-state index in [2.05, 4.69) is 10.6 Å². The van der Waals surface area contributed by atoms with Gasteiger partial charge in [0.15, 0.2) is 0 Å². The maximum Gasteiger partial charge on any atom is 0.254 e. The molecule has 0 fully saturated rings. The molecule has 0 saturated carbocycles. The second kappa shape index (κ2) is 6.03. The van der Waals surface area contributed by atoms with Crippen LogP contribution in [0, 0.1) is 12.7 Å². The van der Waals surface area contributed by atoms with E-state index >= 15 is 0 Å². The van der Waals surface area contributed by atoms with Gasteiger partial charge in [0.25, 0.3) is 5.91 Å². The molecular formula is C15H21FN2O2. The maximum atomic E-state index is 13.6. The molecule has 0 aliphatic rings. The van der Waals surface area contributed by atoms with Crippen molar-refractivity contribution < 1.29 is 14.0 Å². The van der Waals surface area contributed by atoms with Gasteiger partial charge >= 0.3 is 0 Å². The molecule has 0 aliphatic heterocycles. The minimum absolute atomic E-state index is 0.0552. The minimum Gasteiger partial charge on any atom is -0.350 e. The van der Waals surface area contributed by atoms with Gasteiger partial charge in [-0.15, -0.1) is 0 Å². The molecule has 0 aromatic heterocycles. The molecule has 1 aromatic rings. The number of carbonyl (C=O) groups is 2. The van der Waals surface area contributed by atoms with Gasteiger partial charge in [-0.3, -0.25) is 9.59 Å². The van der Waals surface area contributed by atoms with E-state index in [1.165, 1.54) is 12.1 Å². The smallest absolute Gasteiger partial charge is 0.254 e. The van der Waals surface area contributed by atoms with Crippen molar-refractivity contribution in [1.82, 2.24) is 10.6 Å². The van der Waals surface area contributed by atoms with Gasteiger partial charge in [0, 0.05) is 5.54 Å². The molecule has 0 aliphatic carbocycles. The molecule has 2 N–H and O–H groups in total. The van der Waals surface area contributed by atoms with Crippen molar-refractivity contribution in [3.05, 3.63) is 35.1 Å². The largest absolute Gasteiger partial charge is 0.350 e. The zero-order valence-corrected chi connectivity index (χ0v) is 12.5. The number of rotatable bonds is 3. The van der Waals surface area contributed by atoms with E-state index in [9.17, 15) is 14.0 Å². The first-order chi connectivity index (χ1) is 9.10. The van der Waals surface area contributed by atoms with Crippen molar-refractivity contribution in [3.63, 3.8) is 0 Å². The highest BCUT2D eigenvalue weighted by atomic mass is 19.1. The summed E-state index contributed by atoms with van der Waals surface area (Å²) in [6, 6.07) is 3.55. The van der Waals surface area contributed by atoms with Gasteiger partial charge in [-0.25, -0.2) is 4.39 Å². The Balaban J connectivity index is 2.75. The third kappa shape index (κ3) is 4.64. The second-order valence-electron chi connectivity index (χ2n) is 5.92. The van der Waals surface area contributed by atoms with Gasteiger partial charge in [-0.05, 0) is 46.8 Å². The Bertz CT molecular complexity index is 521. The fourth-order valence-corrected chi connectivity index (χ4v) is 1.63. The van der Waals surface area contributed by atoms with Crippen molar-refractivity contribution in [2.45, 2.75) is 46.2 Å². The molecule has 20 heavy (non-hydrogen) atoms. The van der Waals surface area contributed by atoms with E-state index < -0.39 is 17.8 Å². The third-order valence-electron chi connectivity index (χ3n) is 2.61. The SMILES string of the molecule is Cc1ccc(F)c(C(=O)NC(C)C(=O)NC(C)(C)C)c1. The molecule has 1 unspecified atom stereocenters. The first-order valence-electron chi connectivity index (χ1n) is 6.49. The highest BCUT2D eigenvalue weighted by Crippen LogP contribution is 2.10. The zero-order valence-electron chi connectivity index (χ0n) is 12.5. The van der Waals surface area contributed by atoms with Crippen LogP contribution in [0.25, 0.3) is 0 Å². The van der Waals surface area contributed by atoms with Crippen molar-refractivity contribution >= 4 is 11.8 Å². The summed E-state index contributed by atoms with van der Waals surface area (Å²) >= 11 is 0. The summed E-state index contributed by atoms with van der Waals surface area (Å²) in [6.45, 7) is 8.87. The number of amides is 2. The number of hydrogen-bond acceptors (Lipinski definition) is 2. The van der Waals surface area contributed by atoms with Crippen LogP contribution in [0.15, 0.2) is 18.2 Å². The Morgan fingerprint density at radius 3 is 2.40 bits per heavy atom. The summed E-state index contributed by atoms with van der Waals surface area (Å²) < 4.78 is 13.6. The van der Waals surface area contributed by atoms with E-state index in [1.54, 1.807) is 19.9 Å². The maximum absolute atomic E-state index is 13.6. The Labute approximate surface area is 118 Å². The van der Waals surface area contributed by atoms with Gasteiger partial charge in [-0.1, -0.05) is 11.6 Å². The van der Waals surface area contributed by atoms with Crippen LogP contribution in [0.1, 0.15) is 43.6 Å². The number of halogens is 1. The molecule has 2 amide bonds. The molecular weight excluding hydrogens is 259 g/mol. The predicted octanol–water partition coefficient (Wildman–Crippen LogP) is 2.17. The third-order valence-corrected chi connectivity index (χ3v) is 2.61. The average molecular weight is 280 g/mol. The van der Waals surface area contributed by atoms with Crippen molar-refractivity contribution in [2.75, 3.05) is 0 Å². The Morgan fingerprint density at radius 2 is 1.85 bits per heavy atom. The number of nitrogens with one attached hydrogen (secondary N) is 2. The summed E-state index contributed by atoms with van der Waals surface area (Å²) in [7, 11) is 0. The van der Waals surface area contributed by atoms with E-state index in [-0.39, 0.29) is 17.0 Å². The van der Waals surface area contributed by atoms with Gasteiger partial charge in [0.2, 0.25) is 5.91 Å². The molecule has 110 valence electrons. The molecule has 0 spiro atoms. The Morgan fingerprint density at radius 1 is 1.25 bits per heavy atom. The van der Waals surface area contributed by atoms with Crippen LogP contribution in [0.2, 0.25) is 0 Å². The topological polar surface area (TPSA) is 58.2 Å². The predicted molar refractivity (Wildman–Crippen MR) is 76.0 cm³/mol. The molecule has 1 atom stereocenters. The number of aryl methyl sites for hydroxylation is 1. The highest BCUT2D eigenvalue weighted by molar-refractivity contribution is 5.97. The van der Waals surface area contributed by atoms with Crippen LogP contribution in [-0.2, 0) is 4.79 Å². The number of hydrogen-bond donors (Lipinski definition) is 2. The van der Waals surface area contributed by atoms with E-state index in [1.807, 2.05) is 20.8 Å². The van der Waals surface area contributed by atoms with Crippen LogP contribution in [0.5, 0.6) is 0 Å². The minimum atomic E-state index is -0.735. The lowest BCUT2D eigenvalue weighted by Gasteiger charge is -2.23. The molecule has 1 aromatic carbocycles. The van der Waals surface area contributed by atoms with Gasteiger partial charge in [0.1, 0.15) is 11.9 Å². The molecule has 4 nitrogen and oxygen atoms in total. The molecule has 0 radical (unpaired) electrons. The summed E-state index contributed by atoms with van der Waals surface area (Å²) in [4.78, 5) is 23.8. The lowest BCUT2D eigenvalue weighted by atomic mass is 10.1. The lowest BCUT2D eigenvalue weighted by Crippen LogP contribution is -2.50.